The Morgan fingerprint density at radius 3 is 2.88 bits per heavy atom. The van der Waals surface area contributed by atoms with Gasteiger partial charge in [-0.1, -0.05) is 24.6 Å². The van der Waals surface area contributed by atoms with Crippen LogP contribution < -0.4 is 10.1 Å². The van der Waals surface area contributed by atoms with E-state index in [9.17, 15) is 4.79 Å². The van der Waals surface area contributed by atoms with Gasteiger partial charge in [-0.3, -0.25) is 9.78 Å². The van der Waals surface area contributed by atoms with Crippen molar-refractivity contribution in [3.8, 4) is 16.5 Å². The largest absolute Gasteiger partial charge is 0.491 e. The number of aromatic nitrogens is 2. The molecule has 1 N–H and O–H groups in total. The Hall–Kier alpha value is -2.44. The van der Waals surface area contributed by atoms with Crippen molar-refractivity contribution in [1.29, 1.82) is 0 Å². The second kappa shape index (κ2) is 8.29. The lowest BCUT2D eigenvalue weighted by Gasteiger charge is -2.12. The summed E-state index contributed by atoms with van der Waals surface area (Å²) in [6, 6.07) is 10.8. The Kier molecular flexibility index (Phi) is 5.85. The number of halogens is 1. The second-order valence-electron chi connectivity index (χ2n) is 5.59. The minimum Gasteiger partial charge on any atom is -0.491 e. The molecule has 0 fully saturated rings. The molecule has 0 aliphatic heterocycles. The van der Waals surface area contributed by atoms with Crippen LogP contribution in [0, 0.1) is 6.92 Å². The van der Waals surface area contributed by atoms with E-state index in [2.05, 4.69) is 15.3 Å². The maximum absolute atomic E-state index is 12.8. The number of hydrogen-bond acceptors (Lipinski definition) is 5. The van der Waals surface area contributed by atoms with E-state index in [0.717, 1.165) is 12.1 Å². The molecule has 7 heteroatoms. The van der Waals surface area contributed by atoms with Crippen LogP contribution in [-0.2, 0) is 0 Å². The van der Waals surface area contributed by atoms with E-state index < -0.39 is 0 Å². The molecule has 2 aromatic heterocycles. The maximum atomic E-state index is 12.8. The summed E-state index contributed by atoms with van der Waals surface area (Å²) in [5.41, 5.74) is 1.95. The zero-order valence-electron chi connectivity index (χ0n) is 14.5. The molecular weight excluding hydrogens is 370 g/mol. The molecule has 0 spiro atoms. The van der Waals surface area contributed by atoms with Crippen molar-refractivity contribution in [1.82, 2.24) is 9.97 Å². The molecule has 0 saturated carbocycles. The number of benzene rings is 1. The summed E-state index contributed by atoms with van der Waals surface area (Å²) in [7, 11) is 0. The summed E-state index contributed by atoms with van der Waals surface area (Å²) in [6.45, 7) is 4.40. The van der Waals surface area contributed by atoms with Gasteiger partial charge in [0.15, 0.2) is 0 Å². The molecule has 0 atom stereocenters. The minimum atomic E-state index is -0.245. The highest BCUT2D eigenvalue weighted by molar-refractivity contribution is 7.17. The van der Waals surface area contributed by atoms with Gasteiger partial charge in [-0.05, 0) is 43.7 Å². The van der Waals surface area contributed by atoms with Gasteiger partial charge in [-0.25, -0.2) is 4.98 Å². The van der Waals surface area contributed by atoms with E-state index in [1.165, 1.54) is 11.3 Å². The zero-order chi connectivity index (χ0) is 18.5. The van der Waals surface area contributed by atoms with E-state index in [4.69, 9.17) is 16.3 Å². The summed E-state index contributed by atoms with van der Waals surface area (Å²) in [4.78, 5) is 22.0. The molecule has 26 heavy (non-hydrogen) atoms. The Labute approximate surface area is 161 Å². The number of anilines is 1. The predicted octanol–water partition coefficient (Wildman–Crippen LogP) is 5.21. The molecular formula is C19H18ClN3O2S. The lowest BCUT2D eigenvalue weighted by atomic mass is 10.2. The highest BCUT2D eigenvalue weighted by Crippen LogP contribution is 2.31. The number of nitrogens with zero attached hydrogens (tertiary/aromatic N) is 2. The molecule has 3 aromatic rings. The fraction of sp³-hybridized carbons (Fsp3) is 0.211. The van der Waals surface area contributed by atoms with Crippen molar-refractivity contribution in [3.05, 3.63) is 58.2 Å². The number of nitrogens with one attached hydrogen (secondary N) is 1. The van der Waals surface area contributed by atoms with E-state index in [-0.39, 0.29) is 5.91 Å². The number of ether oxygens (including phenoxy) is 1. The first-order chi connectivity index (χ1) is 12.6. The highest BCUT2D eigenvalue weighted by atomic mass is 35.5. The summed E-state index contributed by atoms with van der Waals surface area (Å²) in [5.74, 6) is 0.350. The van der Waals surface area contributed by atoms with Gasteiger partial charge in [-0.15, -0.1) is 11.3 Å². The standard InChI is InChI=1S/C19H18ClN3O2S/c1-3-10-25-16-8-7-13(20)11-15(16)23-18(24)17-12(2)22-19(26-17)14-6-4-5-9-21-14/h4-9,11H,3,10H2,1-2H3,(H,23,24). The van der Waals surface area contributed by atoms with Crippen LogP contribution in [0.25, 0.3) is 10.7 Å². The number of aryl methyl sites for hydroxylation is 1. The van der Waals surface area contributed by atoms with E-state index in [0.29, 0.717) is 38.6 Å². The quantitative estimate of drug-likeness (QED) is 0.630. The number of hydrogen-bond donors (Lipinski definition) is 1. The average Bonchev–Trinajstić information content (AvgIpc) is 3.04. The van der Waals surface area contributed by atoms with Gasteiger partial charge in [0.2, 0.25) is 0 Å². The second-order valence-corrected chi connectivity index (χ2v) is 7.03. The molecule has 1 aromatic carbocycles. The van der Waals surface area contributed by atoms with Gasteiger partial charge >= 0.3 is 0 Å². The number of thiazole rings is 1. The van der Waals surface area contributed by atoms with Crippen LogP contribution in [0.2, 0.25) is 5.02 Å². The summed E-state index contributed by atoms with van der Waals surface area (Å²) < 4.78 is 5.69. The molecule has 0 radical (unpaired) electrons. The van der Waals surface area contributed by atoms with Crippen molar-refractivity contribution in [3.63, 3.8) is 0 Å². The predicted molar refractivity (Wildman–Crippen MR) is 105 cm³/mol. The summed E-state index contributed by atoms with van der Waals surface area (Å²) >= 11 is 7.38. The van der Waals surface area contributed by atoms with E-state index in [1.54, 1.807) is 24.4 Å². The molecule has 134 valence electrons. The molecule has 3 rings (SSSR count). The Bertz CT molecular complexity index is 912. The molecule has 1 amide bonds. The van der Waals surface area contributed by atoms with Crippen molar-refractivity contribution in [2.24, 2.45) is 0 Å². The van der Waals surface area contributed by atoms with Crippen LogP contribution >= 0.6 is 22.9 Å². The molecule has 0 aliphatic rings. The first-order valence-electron chi connectivity index (χ1n) is 8.21. The van der Waals surface area contributed by atoms with Crippen molar-refractivity contribution in [2.45, 2.75) is 20.3 Å². The molecule has 2 heterocycles. The smallest absolute Gasteiger partial charge is 0.267 e. The zero-order valence-corrected chi connectivity index (χ0v) is 16.0. The Morgan fingerprint density at radius 2 is 2.15 bits per heavy atom. The first-order valence-corrected chi connectivity index (χ1v) is 9.40. The number of carbonyl (C=O) groups is 1. The third-order valence-corrected chi connectivity index (χ3v) is 4.95. The number of amides is 1. The van der Waals surface area contributed by atoms with Crippen molar-refractivity contribution in [2.75, 3.05) is 11.9 Å². The average molecular weight is 388 g/mol. The molecule has 0 bridgehead atoms. The lowest BCUT2D eigenvalue weighted by molar-refractivity contribution is 0.102. The van der Waals surface area contributed by atoms with Gasteiger partial charge in [0, 0.05) is 11.2 Å². The van der Waals surface area contributed by atoms with Gasteiger partial charge in [0.25, 0.3) is 5.91 Å². The highest BCUT2D eigenvalue weighted by Gasteiger charge is 2.18. The SMILES string of the molecule is CCCOc1ccc(Cl)cc1NC(=O)c1sc(-c2ccccn2)nc1C. The Morgan fingerprint density at radius 1 is 1.31 bits per heavy atom. The van der Waals surface area contributed by atoms with Gasteiger partial charge in [-0.2, -0.15) is 0 Å². The van der Waals surface area contributed by atoms with E-state index in [1.807, 2.05) is 32.0 Å². The number of carbonyl (C=O) groups excluding carboxylic acids is 1. The Balaban J connectivity index is 1.85. The number of pyridine rings is 1. The lowest BCUT2D eigenvalue weighted by Crippen LogP contribution is -2.13. The van der Waals surface area contributed by atoms with Crippen LogP contribution in [0.5, 0.6) is 5.75 Å². The molecule has 0 aliphatic carbocycles. The van der Waals surface area contributed by atoms with E-state index >= 15 is 0 Å². The van der Waals surface area contributed by atoms with Crippen LogP contribution in [0.3, 0.4) is 0 Å². The van der Waals surface area contributed by atoms with Crippen LogP contribution in [0.15, 0.2) is 42.6 Å². The van der Waals surface area contributed by atoms with Gasteiger partial charge in [0.1, 0.15) is 15.6 Å². The maximum Gasteiger partial charge on any atom is 0.267 e. The van der Waals surface area contributed by atoms with Crippen LogP contribution in [-0.4, -0.2) is 22.5 Å². The van der Waals surface area contributed by atoms with Crippen LogP contribution in [0.1, 0.15) is 28.7 Å². The fourth-order valence-electron chi connectivity index (χ4n) is 2.32. The molecule has 0 saturated heterocycles. The summed E-state index contributed by atoms with van der Waals surface area (Å²) in [6.07, 6.45) is 2.58. The monoisotopic (exact) mass is 387 g/mol. The number of rotatable bonds is 6. The third-order valence-electron chi connectivity index (χ3n) is 3.54. The molecule has 5 nitrogen and oxygen atoms in total. The van der Waals surface area contributed by atoms with Crippen LogP contribution in [0.4, 0.5) is 5.69 Å². The van der Waals surface area contributed by atoms with Gasteiger partial charge < -0.3 is 10.1 Å². The van der Waals surface area contributed by atoms with Crippen molar-refractivity contribution >= 4 is 34.5 Å². The van der Waals surface area contributed by atoms with Gasteiger partial charge in [0.05, 0.1) is 23.7 Å². The topological polar surface area (TPSA) is 64.1 Å². The summed E-state index contributed by atoms with van der Waals surface area (Å²) in [5, 5.41) is 4.12. The minimum absolute atomic E-state index is 0.245. The fourth-order valence-corrected chi connectivity index (χ4v) is 3.43. The first kappa shape index (κ1) is 18.4. The molecule has 0 unspecified atom stereocenters. The van der Waals surface area contributed by atoms with Crippen molar-refractivity contribution < 1.29 is 9.53 Å². The normalized spacial score (nSPS) is 10.6. The third kappa shape index (κ3) is 4.20.